The smallest absolute Gasteiger partial charge is 0.0360 e. The van der Waals surface area contributed by atoms with E-state index in [0.717, 1.165) is 5.92 Å². The van der Waals surface area contributed by atoms with Gasteiger partial charge in [0.05, 0.1) is 0 Å². The first-order valence-electron chi connectivity index (χ1n) is 7.03. The van der Waals surface area contributed by atoms with Crippen molar-refractivity contribution >= 4 is 21.4 Å². The van der Waals surface area contributed by atoms with Gasteiger partial charge >= 0.3 is 0 Å². The van der Waals surface area contributed by atoms with E-state index >= 15 is 0 Å². The van der Waals surface area contributed by atoms with Crippen LogP contribution in [0.15, 0.2) is 29.6 Å². The Morgan fingerprint density at radius 2 is 1.94 bits per heavy atom. The third kappa shape index (κ3) is 2.19. The highest BCUT2D eigenvalue weighted by Crippen LogP contribution is 2.39. The standard InChI is InChI=1S/C16H21NS/c1-17-16(12-7-3-2-4-8-12)14-11-18-15-10-6-5-9-13(14)15/h5-6,9-12,16-17H,2-4,7-8H2,1H3. The van der Waals surface area contributed by atoms with Gasteiger partial charge in [0.15, 0.2) is 0 Å². The van der Waals surface area contributed by atoms with Crippen LogP contribution in [0.25, 0.3) is 10.1 Å². The number of benzene rings is 1. The molecule has 0 aliphatic heterocycles. The van der Waals surface area contributed by atoms with E-state index in [1.807, 2.05) is 11.3 Å². The molecule has 1 aromatic carbocycles. The summed E-state index contributed by atoms with van der Waals surface area (Å²) in [6.07, 6.45) is 7.01. The van der Waals surface area contributed by atoms with Crippen molar-refractivity contribution in [2.24, 2.45) is 5.92 Å². The summed E-state index contributed by atoms with van der Waals surface area (Å²) in [6, 6.07) is 9.34. The molecule has 1 atom stereocenters. The van der Waals surface area contributed by atoms with Crippen LogP contribution >= 0.6 is 11.3 Å². The zero-order valence-electron chi connectivity index (χ0n) is 11.0. The summed E-state index contributed by atoms with van der Waals surface area (Å²) in [7, 11) is 2.12. The predicted molar refractivity (Wildman–Crippen MR) is 80.2 cm³/mol. The minimum atomic E-state index is 0.543. The predicted octanol–water partition coefficient (Wildman–Crippen LogP) is 4.74. The summed E-state index contributed by atoms with van der Waals surface area (Å²) in [5.41, 5.74) is 1.52. The van der Waals surface area contributed by atoms with Crippen LogP contribution in [0.3, 0.4) is 0 Å². The molecule has 1 aliphatic carbocycles. The van der Waals surface area contributed by atoms with Crippen molar-refractivity contribution in [2.45, 2.75) is 38.1 Å². The highest BCUT2D eigenvalue weighted by atomic mass is 32.1. The molecule has 0 saturated heterocycles. The first-order valence-corrected chi connectivity index (χ1v) is 7.91. The lowest BCUT2D eigenvalue weighted by atomic mass is 9.81. The molecule has 0 bridgehead atoms. The van der Waals surface area contributed by atoms with E-state index in [-0.39, 0.29) is 0 Å². The van der Waals surface area contributed by atoms with Crippen molar-refractivity contribution < 1.29 is 0 Å². The summed E-state index contributed by atoms with van der Waals surface area (Å²) in [5.74, 6) is 0.821. The molecule has 1 nitrogen and oxygen atoms in total. The van der Waals surface area contributed by atoms with Crippen molar-refractivity contribution in [1.82, 2.24) is 5.32 Å². The topological polar surface area (TPSA) is 12.0 Å². The molecular weight excluding hydrogens is 238 g/mol. The van der Waals surface area contributed by atoms with Crippen LogP contribution in [0.1, 0.15) is 43.7 Å². The second-order valence-corrected chi connectivity index (χ2v) is 6.26. The third-order valence-corrected chi connectivity index (χ3v) is 5.26. The Balaban J connectivity index is 1.95. The lowest BCUT2D eigenvalue weighted by Gasteiger charge is -2.30. The van der Waals surface area contributed by atoms with E-state index in [1.165, 1.54) is 47.8 Å². The van der Waals surface area contributed by atoms with Gasteiger partial charge in [0.25, 0.3) is 0 Å². The Labute approximate surface area is 113 Å². The van der Waals surface area contributed by atoms with Gasteiger partial charge in [-0.1, -0.05) is 37.5 Å². The minimum absolute atomic E-state index is 0.543. The summed E-state index contributed by atoms with van der Waals surface area (Å²) in [6.45, 7) is 0. The first kappa shape index (κ1) is 12.2. The van der Waals surface area contributed by atoms with Crippen molar-refractivity contribution in [3.05, 3.63) is 35.2 Å². The zero-order valence-corrected chi connectivity index (χ0v) is 11.8. The quantitative estimate of drug-likeness (QED) is 0.839. The molecule has 2 aromatic rings. The van der Waals surface area contributed by atoms with Gasteiger partial charge in [-0.3, -0.25) is 0 Å². The molecule has 18 heavy (non-hydrogen) atoms. The van der Waals surface area contributed by atoms with E-state index in [2.05, 4.69) is 42.0 Å². The number of fused-ring (bicyclic) bond motifs is 1. The van der Waals surface area contributed by atoms with Crippen LogP contribution in [0.4, 0.5) is 0 Å². The fourth-order valence-corrected chi connectivity index (χ4v) is 4.35. The number of hydrogen-bond acceptors (Lipinski definition) is 2. The fraction of sp³-hybridized carbons (Fsp3) is 0.500. The van der Waals surface area contributed by atoms with Gasteiger partial charge in [0.1, 0.15) is 0 Å². The molecule has 0 spiro atoms. The summed E-state index contributed by atoms with van der Waals surface area (Å²) in [4.78, 5) is 0. The number of rotatable bonds is 3. The molecule has 96 valence electrons. The number of hydrogen-bond donors (Lipinski definition) is 1. The van der Waals surface area contributed by atoms with E-state index in [0.29, 0.717) is 6.04 Å². The van der Waals surface area contributed by atoms with Crippen molar-refractivity contribution in [3.63, 3.8) is 0 Å². The maximum Gasteiger partial charge on any atom is 0.0360 e. The second kappa shape index (κ2) is 5.41. The van der Waals surface area contributed by atoms with Crippen LogP contribution in [-0.4, -0.2) is 7.05 Å². The average molecular weight is 259 g/mol. The summed E-state index contributed by atoms with van der Waals surface area (Å²) >= 11 is 1.88. The fourth-order valence-electron chi connectivity index (χ4n) is 3.35. The molecule has 1 N–H and O–H groups in total. The Hall–Kier alpha value is -0.860. The Kier molecular flexibility index (Phi) is 3.67. The van der Waals surface area contributed by atoms with Gasteiger partial charge in [-0.05, 0) is 48.2 Å². The molecule has 1 unspecified atom stereocenters. The van der Waals surface area contributed by atoms with Gasteiger partial charge in [-0.2, -0.15) is 0 Å². The van der Waals surface area contributed by atoms with Crippen LogP contribution in [0.2, 0.25) is 0 Å². The summed E-state index contributed by atoms with van der Waals surface area (Å²) in [5, 5.41) is 7.39. The van der Waals surface area contributed by atoms with Crippen molar-refractivity contribution in [1.29, 1.82) is 0 Å². The van der Waals surface area contributed by atoms with E-state index in [1.54, 1.807) is 0 Å². The van der Waals surface area contributed by atoms with Crippen LogP contribution in [-0.2, 0) is 0 Å². The molecule has 3 rings (SSSR count). The van der Waals surface area contributed by atoms with Gasteiger partial charge < -0.3 is 5.32 Å². The molecule has 1 aliphatic rings. The molecule has 1 aromatic heterocycles. The largest absolute Gasteiger partial charge is 0.313 e. The van der Waals surface area contributed by atoms with E-state index in [9.17, 15) is 0 Å². The lowest BCUT2D eigenvalue weighted by molar-refractivity contribution is 0.283. The molecular formula is C16H21NS. The highest BCUT2D eigenvalue weighted by Gasteiger charge is 2.25. The van der Waals surface area contributed by atoms with Crippen molar-refractivity contribution in [3.8, 4) is 0 Å². The molecule has 1 heterocycles. The highest BCUT2D eigenvalue weighted by molar-refractivity contribution is 7.17. The third-order valence-electron chi connectivity index (χ3n) is 4.28. The van der Waals surface area contributed by atoms with Gasteiger partial charge in [-0.25, -0.2) is 0 Å². The van der Waals surface area contributed by atoms with Crippen LogP contribution in [0.5, 0.6) is 0 Å². The Bertz CT molecular complexity index is 511. The average Bonchev–Trinajstić information content (AvgIpc) is 2.85. The molecule has 0 radical (unpaired) electrons. The van der Waals surface area contributed by atoms with E-state index in [4.69, 9.17) is 0 Å². The zero-order chi connectivity index (χ0) is 12.4. The molecule has 2 heteroatoms. The first-order chi connectivity index (χ1) is 8.90. The van der Waals surface area contributed by atoms with Crippen molar-refractivity contribution in [2.75, 3.05) is 7.05 Å². The van der Waals surface area contributed by atoms with Gasteiger partial charge in [0, 0.05) is 10.7 Å². The van der Waals surface area contributed by atoms with Gasteiger partial charge in [0.2, 0.25) is 0 Å². The maximum atomic E-state index is 3.57. The van der Waals surface area contributed by atoms with Crippen LogP contribution in [0, 0.1) is 5.92 Å². The number of nitrogens with one attached hydrogen (secondary N) is 1. The molecule has 1 saturated carbocycles. The molecule has 0 amide bonds. The number of thiophene rings is 1. The van der Waals surface area contributed by atoms with E-state index < -0.39 is 0 Å². The maximum absolute atomic E-state index is 3.57. The Morgan fingerprint density at radius 3 is 2.72 bits per heavy atom. The minimum Gasteiger partial charge on any atom is -0.313 e. The summed E-state index contributed by atoms with van der Waals surface area (Å²) < 4.78 is 1.42. The monoisotopic (exact) mass is 259 g/mol. The van der Waals surface area contributed by atoms with Crippen LogP contribution < -0.4 is 5.32 Å². The lowest BCUT2D eigenvalue weighted by Crippen LogP contribution is -2.26. The SMILES string of the molecule is CNC(c1csc2ccccc12)C1CCCCC1. The normalized spacial score (nSPS) is 19.2. The Morgan fingerprint density at radius 1 is 1.17 bits per heavy atom. The molecule has 1 fully saturated rings. The second-order valence-electron chi connectivity index (χ2n) is 5.35. The van der Waals surface area contributed by atoms with Gasteiger partial charge in [-0.15, -0.1) is 11.3 Å².